The van der Waals surface area contributed by atoms with Crippen molar-refractivity contribution in [3.8, 4) is 16.3 Å². The third-order valence-electron chi connectivity index (χ3n) is 3.30. The first-order valence-electron chi connectivity index (χ1n) is 8.61. The van der Waals surface area contributed by atoms with Gasteiger partial charge in [-0.1, -0.05) is 0 Å². The molecular formula is C19H26N2O4S. The lowest BCUT2D eigenvalue weighted by Crippen LogP contribution is -2.40. The molecule has 1 heterocycles. The number of ether oxygens (including phenoxy) is 2. The fraction of sp³-hybridized carbons (Fsp3) is 0.474. The second kappa shape index (κ2) is 9.54. The minimum absolute atomic E-state index is 0.191. The molecule has 142 valence electrons. The van der Waals surface area contributed by atoms with E-state index in [9.17, 15) is 4.79 Å². The molecule has 0 saturated carbocycles. The van der Waals surface area contributed by atoms with Crippen molar-refractivity contribution < 1.29 is 19.4 Å². The molecule has 0 spiro atoms. The highest BCUT2D eigenvalue weighted by Crippen LogP contribution is 2.27. The quantitative estimate of drug-likeness (QED) is 0.679. The van der Waals surface area contributed by atoms with Crippen molar-refractivity contribution in [2.45, 2.75) is 45.8 Å². The van der Waals surface area contributed by atoms with E-state index in [4.69, 9.17) is 14.6 Å². The predicted molar refractivity (Wildman–Crippen MR) is 102 cm³/mol. The number of hydrogen-bond acceptors (Lipinski definition) is 6. The number of hydrogen-bond donors (Lipinski definition) is 2. The minimum Gasteiger partial charge on any atom is -0.494 e. The van der Waals surface area contributed by atoms with Gasteiger partial charge in [-0.15, -0.1) is 11.3 Å². The predicted octanol–water partition coefficient (Wildman–Crippen LogP) is 3.99. The summed E-state index contributed by atoms with van der Waals surface area (Å²) in [7, 11) is 0. The van der Waals surface area contributed by atoms with E-state index in [-0.39, 0.29) is 18.8 Å². The van der Waals surface area contributed by atoms with Crippen LogP contribution in [0.5, 0.6) is 5.75 Å². The number of benzene rings is 1. The van der Waals surface area contributed by atoms with Gasteiger partial charge in [-0.25, -0.2) is 9.78 Å². The summed E-state index contributed by atoms with van der Waals surface area (Å²) < 4.78 is 10.8. The summed E-state index contributed by atoms with van der Waals surface area (Å²) in [6.45, 7) is 6.69. The van der Waals surface area contributed by atoms with Crippen LogP contribution in [0.1, 0.15) is 38.5 Å². The molecule has 1 amide bonds. The van der Waals surface area contributed by atoms with Crippen LogP contribution in [-0.2, 0) is 11.3 Å². The Labute approximate surface area is 158 Å². The molecule has 0 aliphatic carbocycles. The molecule has 1 aromatic heterocycles. The third kappa shape index (κ3) is 7.01. The van der Waals surface area contributed by atoms with Crippen LogP contribution in [0.2, 0.25) is 0 Å². The smallest absolute Gasteiger partial charge is 0.407 e. The molecular weight excluding hydrogens is 352 g/mol. The van der Waals surface area contributed by atoms with E-state index in [2.05, 4.69) is 10.3 Å². The Morgan fingerprint density at radius 3 is 2.62 bits per heavy atom. The molecule has 2 aromatic rings. The van der Waals surface area contributed by atoms with Gasteiger partial charge in [-0.05, 0) is 57.9 Å². The Morgan fingerprint density at radius 2 is 1.96 bits per heavy atom. The average Bonchev–Trinajstić information content (AvgIpc) is 3.05. The number of carbonyl (C=O) groups is 1. The summed E-state index contributed by atoms with van der Waals surface area (Å²) in [5.74, 6) is 0.797. The van der Waals surface area contributed by atoms with E-state index in [1.54, 1.807) is 6.20 Å². The zero-order valence-corrected chi connectivity index (χ0v) is 16.3. The number of amides is 1. The number of carbonyl (C=O) groups excluding carboxylic acids is 1. The van der Waals surface area contributed by atoms with Crippen LogP contribution >= 0.6 is 11.3 Å². The largest absolute Gasteiger partial charge is 0.494 e. The van der Waals surface area contributed by atoms with Gasteiger partial charge in [0.25, 0.3) is 0 Å². The zero-order valence-electron chi connectivity index (χ0n) is 15.4. The molecule has 0 atom stereocenters. The van der Waals surface area contributed by atoms with Crippen LogP contribution in [-0.4, -0.2) is 34.9 Å². The van der Waals surface area contributed by atoms with Crippen molar-refractivity contribution in [3.63, 3.8) is 0 Å². The number of nitrogens with zero attached hydrogens (tertiary/aromatic N) is 1. The number of aliphatic hydroxyl groups excluding tert-OH is 1. The Morgan fingerprint density at radius 1 is 1.23 bits per heavy atom. The van der Waals surface area contributed by atoms with Gasteiger partial charge in [0.2, 0.25) is 0 Å². The lowest BCUT2D eigenvalue weighted by Gasteiger charge is -2.19. The van der Waals surface area contributed by atoms with E-state index < -0.39 is 6.09 Å². The highest BCUT2D eigenvalue weighted by Gasteiger charge is 2.15. The van der Waals surface area contributed by atoms with Crippen molar-refractivity contribution in [1.29, 1.82) is 0 Å². The van der Waals surface area contributed by atoms with Crippen LogP contribution in [0.15, 0.2) is 30.5 Å². The fourth-order valence-corrected chi connectivity index (χ4v) is 2.92. The van der Waals surface area contributed by atoms with E-state index in [1.165, 1.54) is 11.3 Å². The Kier molecular flexibility index (Phi) is 7.41. The standard InChI is InChI=1S/C19H26N2O4S/c1-19(2,3)21-18(23)25-13-16-12-20-17(26-16)14-6-8-15(9-7-14)24-11-5-4-10-22/h6-9,12,22H,4-5,10-11,13H2,1-3H3,(H,21,23). The monoisotopic (exact) mass is 378 g/mol. The van der Waals surface area contributed by atoms with Crippen LogP contribution in [0.4, 0.5) is 4.79 Å². The van der Waals surface area contributed by atoms with Gasteiger partial charge in [0.15, 0.2) is 0 Å². The van der Waals surface area contributed by atoms with E-state index in [0.29, 0.717) is 6.61 Å². The summed E-state index contributed by atoms with van der Waals surface area (Å²) in [6, 6.07) is 7.72. The Hall–Kier alpha value is -2.12. The first kappa shape index (κ1) is 20.2. The topological polar surface area (TPSA) is 80.7 Å². The first-order chi connectivity index (χ1) is 12.4. The van der Waals surface area contributed by atoms with Gasteiger partial charge in [0.1, 0.15) is 17.4 Å². The maximum atomic E-state index is 11.7. The summed E-state index contributed by atoms with van der Waals surface area (Å²) in [5, 5.41) is 12.4. The third-order valence-corrected chi connectivity index (χ3v) is 4.32. The first-order valence-corrected chi connectivity index (χ1v) is 9.43. The summed E-state index contributed by atoms with van der Waals surface area (Å²) in [4.78, 5) is 17.0. The molecule has 0 aliphatic rings. The number of rotatable bonds is 8. The van der Waals surface area contributed by atoms with Crippen molar-refractivity contribution >= 4 is 17.4 Å². The normalized spacial score (nSPS) is 11.2. The van der Waals surface area contributed by atoms with Crippen LogP contribution in [0.3, 0.4) is 0 Å². The van der Waals surface area contributed by atoms with Crippen molar-refractivity contribution in [2.24, 2.45) is 0 Å². The lowest BCUT2D eigenvalue weighted by molar-refractivity contribution is 0.132. The van der Waals surface area contributed by atoms with E-state index in [0.717, 1.165) is 34.0 Å². The van der Waals surface area contributed by atoms with E-state index >= 15 is 0 Å². The number of aromatic nitrogens is 1. The van der Waals surface area contributed by atoms with Crippen molar-refractivity contribution in [2.75, 3.05) is 13.2 Å². The van der Waals surface area contributed by atoms with Crippen molar-refractivity contribution in [3.05, 3.63) is 35.3 Å². The van der Waals surface area contributed by atoms with Gasteiger partial charge in [-0.2, -0.15) is 0 Å². The number of thiazole rings is 1. The second-order valence-electron chi connectivity index (χ2n) is 6.89. The summed E-state index contributed by atoms with van der Waals surface area (Å²) in [5.41, 5.74) is 0.667. The van der Waals surface area contributed by atoms with Crippen molar-refractivity contribution in [1.82, 2.24) is 10.3 Å². The van der Waals surface area contributed by atoms with Gasteiger partial charge in [0.05, 0.1) is 11.5 Å². The molecule has 6 nitrogen and oxygen atoms in total. The highest BCUT2D eigenvalue weighted by molar-refractivity contribution is 7.15. The second-order valence-corrected chi connectivity index (χ2v) is 8.00. The maximum absolute atomic E-state index is 11.7. The molecule has 0 radical (unpaired) electrons. The zero-order chi connectivity index (χ0) is 19.0. The Balaban J connectivity index is 1.85. The fourth-order valence-electron chi connectivity index (χ4n) is 2.08. The minimum atomic E-state index is -0.435. The molecule has 0 saturated heterocycles. The lowest BCUT2D eigenvalue weighted by atomic mass is 10.1. The molecule has 0 aliphatic heterocycles. The van der Waals surface area contributed by atoms with Crippen LogP contribution in [0, 0.1) is 0 Å². The number of aliphatic hydroxyl groups is 1. The van der Waals surface area contributed by atoms with Gasteiger partial charge >= 0.3 is 6.09 Å². The number of alkyl carbamates (subject to hydrolysis) is 1. The van der Waals surface area contributed by atoms with E-state index in [1.807, 2.05) is 45.0 Å². The van der Waals surface area contributed by atoms with Gasteiger partial charge in [-0.3, -0.25) is 0 Å². The summed E-state index contributed by atoms with van der Waals surface area (Å²) >= 11 is 1.49. The van der Waals surface area contributed by atoms with Gasteiger partial charge < -0.3 is 19.9 Å². The van der Waals surface area contributed by atoms with Gasteiger partial charge in [0, 0.05) is 23.9 Å². The molecule has 7 heteroatoms. The number of nitrogens with one attached hydrogen (secondary N) is 1. The molecule has 0 unspecified atom stereocenters. The molecule has 0 fully saturated rings. The number of unbranched alkanes of at least 4 members (excludes halogenated alkanes) is 1. The average molecular weight is 378 g/mol. The van der Waals surface area contributed by atoms with Crippen LogP contribution in [0.25, 0.3) is 10.6 Å². The molecule has 26 heavy (non-hydrogen) atoms. The molecule has 2 rings (SSSR count). The summed E-state index contributed by atoms with van der Waals surface area (Å²) in [6.07, 6.45) is 2.87. The maximum Gasteiger partial charge on any atom is 0.407 e. The van der Waals surface area contributed by atoms with Crippen LogP contribution < -0.4 is 10.1 Å². The molecule has 2 N–H and O–H groups in total. The molecule has 0 bridgehead atoms. The highest BCUT2D eigenvalue weighted by atomic mass is 32.1. The molecule has 1 aromatic carbocycles. The SMILES string of the molecule is CC(C)(C)NC(=O)OCc1cnc(-c2ccc(OCCCCO)cc2)s1. The Bertz CT molecular complexity index is 692.